The highest BCUT2D eigenvalue weighted by Gasteiger charge is 2.14. The van der Waals surface area contributed by atoms with Crippen molar-refractivity contribution in [1.82, 2.24) is 15.1 Å². The fraction of sp³-hybridized carbons (Fsp3) is 0.778. The van der Waals surface area contributed by atoms with Gasteiger partial charge in [0, 0.05) is 27.2 Å². The average molecular weight is 201 g/mol. The molecule has 0 heterocycles. The first-order valence-corrected chi connectivity index (χ1v) is 4.75. The minimum absolute atomic E-state index is 0.108. The van der Waals surface area contributed by atoms with Crippen LogP contribution in [0, 0.1) is 0 Å². The molecule has 0 saturated heterocycles. The van der Waals surface area contributed by atoms with Gasteiger partial charge in [-0.15, -0.1) is 0 Å². The third-order valence-corrected chi connectivity index (χ3v) is 1.88. The highest BCUT2D eigenvalue weighted by atomic mass is 16.2. The zero-order valence-corrected chi connectivity index (χ0v) is 9.33. The van der Waals surface area contributed by atoms with Gasteiger partial charge >= 0.3 is 6.03 Å². The van der Waals surface area contributed by atoms with E-state index in [2.05, 4.69) is 5.32 Å². The molecule has 0 spiro atoms. The highest BCUT2D eigenvalue weighted by molar-refractivity contribution is 5.83. The van der Waals surface area contributed by atoms with Crippen molar-refractivity contribution in [3.63, 3.8) is 0 Å². The van der Waals surface area contributed by atoms with Crippen LogP contribution in [0.15, 0.2) is 0 Å². The number of carbonyl (C=O) groups excluding carboxylic acids is 2. The van der Waals surface area contributed by atoms with Crippen molar-refractivity contribution in [2.75, 3.05) is 33.7 Å². The zero-order valence-electron chi connectivity index (χ0n) is 9.33. The molecular weight excluding hydrogens is 182 g/mol. The molecule has 5 nitrogen and oxygen atoms in total. The van der Waals surface area contributed by atoms with E-state index in [1.165, 1.54) is 4.90 Å². The number of carbonyl (C=O) groups is 2. The number of nitrogens with one attached hydrogen (secondary N) is 1. The number of hydrogen-bond donors (Lipinski definition) is 1. The van der Waals surface area contributed by atoms with Crippen molar-refractivity contribution in [2.45, 2.75) is 13.8 Å². The van der Waals surface area contributed by atoms with E-state index in [0.717, 1.165) is 0 Å². The summed E-state index contributed by atoms with van der Waals surface area (Å²) in [5.74, 6) is -0.132. The van der Waals surface area contributed by atoms with Gasteiger partial charge in [-0.3, -0.25) is 4.79 Å². The summed E-state index contributed by atoms with van der Waals surface area (Å²) in [5, 5.41) is 2.64. The Morgan fingerprint density at radius 1 is 1.14 bits per heavy atom. The van der Waals surface area contributed by atoms with E-state index in [1.807, 2.05) is 13.8 Å². The van der Waals surface area contributed by atoms with Gasteiger partial charge in [0.25, 0.3) is 0 Å². The first-order chi connectivity index (χ1) is 6.52. The molecule has 0 aromatic carbocycles. The number of hydrogen-bond acceptors (Lipinski definition) is 2. The maximum absolute atomic E-state index is 11.5. The Morgan fingerprint density at radius 2 is 1.71 bits per heavy atom. The smallest absolute Gasteiger partial charge is 0.319 e. The third-order valence-electron chi connectivity index (χ3n) is 1.88. The van der Waals surface area contributed by atoms with Crippen molar-refractivity contribution in [3.05, 3.63) is 0 Å². The number of nitrogens with zero attached hydrogens (tertiary/aromatic N) is 2. The quantitative estimate of drug-likeness (QED) is 0.702. The van der Waals surface area contributed by atoms with Gasteiger partial charge in [-0.25, -0.2) is 4.79 Å². The number of likely N-dealkylation sites (N-methyl/N-ethyl adjacent to an activating group) is 2. The predicted octanol–water partition coefficient (Wildman–Crippen LogP) is 0.126. The summed E-state index contributed by atoms with van der Waals surface area (Å²) in [4.78, 5) is 25.6. The largest absolute Gasteiger partial charge is 0.355 e. The molecule has 0 aliphatic heterocycles. The molecule has 0 aromatic rings. The van der Waals surface area contributed by atoms with Crippen LogP contribution >= 0.6 is 0 Å². The third kappa shape index (κ3) is 4.11. The van der Waals surface area contributed by atoms with E-state index in [-0.39, 0.29) is 18.5 Å². The first kappa shape index (κ1) is 12.7. The van der Waals surface area contributed by atoms with E-state index in [9.17, 15) is 9.59 Å². The van der Waals surface area contributed by atoms with E-state index >= 15 is 0 Å². The molecule has 3 amide bonds. The van der Waals surface area contributed by atoms with Gasteiger partial charge in [-0.2, -0.15) is 0 Å². The molecule has 14 heavy (non-hydrogen) atoms. The minimum atomic E-state index is -0.140. The van der Waals surface area contributed by atoms with Crippen LogP contribution in [0.3, 0.4) is 0 Å². The van der Waals surface area contributed by atoms with Crippen LogP contribution in [0.2, 0.25) is 0 Å². The number of urea groups is 1. The average Bonchev–Trinajstić information content (AvgIpc) is 2.15. The number of rotatable bonds is 4. The molecule has 0 saturated carbocycles. The molecule has 0 unspecified atom stereocenters. The Labute approximate surface area is 85.1 Å². The van der Waals surface area contributed by atoms with Gasteiger partial charge in [-0.1, -0.05) is 0 Å². The van der Waals surface area contributed by atoms with Crippen molar-refractivity contribution in [1.29, 1.82) is 0 Å². The fourth-order valence-corrected chi connectivity index (χ4v) is 0.963. The van der Waals surface area contributed by atoms with Crippen molar-refractivity contribution >= 4 is 11.9 Å². The Kier molecular flexibility index (Phi) is 5.67. The minimum Gasteiger partial charge on any atom is -0.355 e. The van der Waals surface area contributed by atoms with Crippen LogP contribution in [0.25, 0.3) is 0 Å². The van der Waals surface area contributed by atoms with Gasteiger partial charge in [0.1, 0.15) is 6.54 Å². The lowest BCUT2D eigenvalue weighted by Gasteiger charge is -2.23. The normalized spacial score (nSPS) is 9.43. The Hall–Kier alpha value is -1.26. The Morgan fingerprint density at radius 3 is 2.14 bits per heavy atom. The molecule has 1 N–H and O–H groups in total. The van der Waals surface area contributed by atoms with Crippen LogP contribution in [0.5, 0.6) is 0 Å². The van der Waals surface area contributed by atoms with Gasteiger partial charge in [-0.05, 0) is 13.8 Å². The lowest BCUT2D eigenvalue weighted by molar-refractivity contribution is -0.121. The molecule has 0 aliphatic rings. The summed E-state index contributed by atoms with van der Waals surface area (Å²) in [6.45, 7) is 5.07. The molecule has 82 valence electrons. The zero-order chi connectivity index (χ0) is 11.1. The van der Waals surface area contributed by atoms with Crippen LogP contribution < -0.4 is 5.32 Å². The topological polar surface area (TPSA) is 52.7 Å². The van der Waals surface area contributed by atoms with Crippen LogP contribution in [-0.4, -0.2) is 55.5 Å². The van der Waals surface area contributed by atoms with Crippen molar-refractivity contribution in [3.8, 4) is 0 Å². The maximum Gasteiger partial charge on any atom is 0.319 e. The molecule has 0 aromatic heterocycles. The van der Waals surface area contributed by atoms with Crippen LogP contribution in [0.1, 0.15) is 13.8 Å². The highest BCUT2D eigenvalue weighted by Crippen LogP contribution is 1.92. The summed E-state index contributed by atoms with van der Waals surface area (Å²) in [6, 6.07) is -0.140. The molecule has 0 bridgehead atoms. The SMILES string of the molecule is CCNC(=O)CN(C)C(=O)N(C)CC. The summed E-state index contributed by atoms with van der Waals surface area (Å²) in [5.41, 5.74) is 0. The van der Waals surface area contributed by atoms with E-state index < -0.39 is 0 Å². The Bertz CT molecular complexity index is 206. The molecule has 0 atom stereocenters. The standard InChI is InChI=1S/C9H19N3O2/c1-5-10-8(13)7-12(4)9(14)11(3)6-2/h5-7H2,1-4H3,(H,10,13). The molecule has 5 heteroatoms. The van der Waals surface area contributed by atoms with Crippen LogP contribution in [-0.2, 0) is 4.79 Å². The molecule has 0 fully saturated rings. The van der Waals surface area contributed by atoms with E-state index in [0.29, 0.717) is 13.1 Å². The maximum atomic E-state index is 11.5. The summed E-state index contributed by atoms with van der Waals surface area (Å²) < 4.78 is 0. The first-order valence-electron chi connectivity index (χ1n) is 4.75. The van der Waals surface area contributed by atoms with E-state index in [4.69, 9.17) is 0 Å². The van der Waals surface area contributed by atoms with Gasteiger partial charge in [0.05, 0.1) is 0 Å². The van der Waals surface area contributed by atoms with Crippen molar-refractivity contribution in [2.24, 2.45) is 0 Å². The van der Waals surface area contributed by atoms with Gasteiger partial charge in [0.15, 0.2) is 0 Å². The van der Waals surface area contributed by atoms with Gasteiger partial charge in [0.2, 0.25) is 5.91 Å². The van der Waals surface area contributed by atoms with Crippen molar-refractivity contribution < 1.29 is 9.59 Å². The lowest BCUT2D eigenvalue weighted by atomic mass is 10.5. The summed E-state index contributed by atoms with van der Waals surface area (Å²) >= 11 is 0. The monoisotopic (exact) mass is 201 g/mol. The number of amides is 3. The lowest BCUT2D eigenvalue weighted by Crippen LogP contribution is -2.43. The molecule has 0 aliphatic carbocycles. The summed E-state index contributed by atoms with van der Waals surface area (Å²) in [6.07, 6.45) is 0. The second kappa shape index (κ2) is 6.23. The molecular formula is C9H19N3O2. The Balaban J connectivity index is 4.01. The second-order valence-corrected chi connectivity index (χ2v) is 3.11. The fourth-order valence-electron chi connectivity index (χ4n) is 0.963. The van der Waals surface area contributed by atoms with E-state index in [1.54, 1.807) is 19.0 Å². The molecule has 0 rings (SSSR count). The summed E-state index contributed by atoms with van der Waals surface area (Å²) in [7, 11) is 3.32. The van der Waals surface area contributed by atoms with Crippen LogP contribution in [0.4, 0.5) is 4.79 Å². The second-order valence-electron chi connectivity index (χ2n) is 3.11. The predicted molar refractivity (Wildman–Crippen MR) is 55.0 cm³/mol. The van der Waals surface area contributed by atoms with Gasteiger partial charge < -0.3 is 15.1 Å². The molecule has 0 radical (unpaired) electrons.